The van der Waals surface area contributed by atoms with Crippen LogP contribution in [0.1, 0.15) is 59.9 Å². The van der Waals surface area contributed by atoms with Gasteiger partial charge in [0.15, 0.2) is 5.96 Å². The third-order valence-electron chi connectivity index (χ3n) is 4.78. The maximum Gasteiger partial charge on any atom is 0.319 e. The van der Waals surface area contributed by atoms with Crippen LogP contribution in [-0.4, -0.2) is 55.2 Å². The van der Waals surface area contributed by atoms with Crippen molar-refractivity contribution in [3.05, 3.63) is 29.8 Å². The van der Waals surface area contributed by atoms with Gasteiger partial charge < -0.3 is 26.2 Å². The predicted octanol–water partition coefficient (Wildman–Crippen LogP) is 4.40. The van der Waals surface area contributed by atoms with E-state index in [1.165, 1.54) is 6.42 Å². The lowest BCUT2D eigenvalue weighted by Crippen LogP contribution is -2.42. The van der Waals surface area contributed by atoms with E-state index in [9.17, 15) is 4.79 Å². The third-order valence-corrected chi connectivity index (χ3v) is 4.78. The number of hydrogen-bond acceptors (Lipinski definition) is 3. The van der Waals surface area contributed by atoms with Gasteiger partial charge in [-0.1, -0.05) is 26.0 Å². The number of nitrogens with zero attached hydrogens (tertiary/aromatic N) is 2. The number of benzene rings is 1. The molecule has 4 N–H and O–H groups in total. The fourth-order valence-electron chi connectivity index (χ4n) is 3.08. The first-order valence-electron chi connectivity index (χ1n) is 11.3. The summed E-state index contributed by atoms with van der Waals surface area (Å²) < 4.78 is 0. The Balaban J connectivity index is 0.00000900. The van der Waals surface area contributed by atoms with Gasteiger partial charge in [0.05, 0.1) is 6.54 Å². The first-order valence-corrected chi connectivity index (χ1v) is 11.3. The number of urea groups is 1. The Bertz CT molecular complexity index is 631. The number of aliphatic imine (C=N–C) groups is 1. The van der Waals surface area contributed by atoms with Crippen molar-refractivity contribution < 1.29 is 4.79 Å². The highest BCUT2D eigenvalue weighted by Gasteiger charge is 2.07. The second-order valence-corrected chi connectivity index (χ2v) is 7.86. The van der Waals surface area contributed by atoms with E-state index < -0.39 is 0 Å². The van der Waals surface area contributed by atoms with E-state index in [2.05, 4.69) is 53.9 Å². The van der Waals surface area contributed by atoms with E-state index in [0.717, 1.165) is 49.8 Å². The monoisotopic (exact) mass is 546 g/mol. The summed E-state index contributed by atoms with van der Waals surface area (Å²) in [5, 5.41) is 12.5. The molecule has 0 aliphatic heterocycles. The van der Waals surface area contributed by atoms with Crippen LogP contribution in [0.2, 0.25) is 0 Å². The molecular weight excluding hydrogens is 503 g/mol. The average Bonchev–Trinajstić information content (AvgIpc) is 2.70. The Hall–Kier alpha value is -1.55. The van der Waals surface area contributed by atoms with E-state index in [1.807, 2.05) is 38.1 Å². The molecule has 1 aromatic rings. The molecule has 1 unspecified atom stereocenters. The van der Waals surface area contributed by atoms with E-state index in [-0.39, 0.29) is 36.0 Å². The van der Waals surface area contributed by atoms with Gasteiger partial charge in [-0.25, -0.2) is 9.79 Å². The summed E-state index contributed by atoms with van der Waals surface area (Å²) in [4.78, 5) is 18.9. The Morgan fingerprint density at radius 1 is 1.03 bits per heavy atom. The van der Waals surface area contributed by atoms with Gasteiger partial charge in [-0.15, -0.1) is 24.0 Å². The Morgan fingerprint density at radius 2 is 1.68 bits per heavy atom. The van der Waals surface area contributed by atoms with Crippen molar-refractivity contribution >= 4 is 41.7 Å². The summed E-state index contributed by atoms with van der Waals surface area (Å²) in [7, 11) is 0. The molecule has 1 rings (SSSR count). The molecular formula is C23H43IN6O. The van der Waals surface area contributed by atoms with Crippen LogP contribution >= 0.6 is 24.0 Å². The predicted molar refractivity (Wildman–Crippen MR) is 144 cm³/mol. The van der Waals surface area contributed by atoms with Crippen LogP contribution in [0.5, 0.6) is 0 Å². The second-order valence-electron chi connectivity index (χ2n) is 7.86. The molecule has 0 aromatic heterocycles. The minimum absolute atomic E-state index is 0. The second kappa shape index (κ2) is 17.1. The minimum Gasteiger partial charge on any atom is -0.357 e. The first-order chi connectivity index (χ1) is 14.4. The fraction of sp³-hybridized carbons (Fsp3) is 0.652. The van der Waals surface area contributed by atoms with E-state index in [0.29, 0.717) is 12.6 Å². The van der Waals surface area contributed by atoms with Gasteiger partial charge in [0, 0.05) is 24.3 Å². The van der Waals surface area contributed by atoms with Crippen molar-refractivity contribution in [3.63, 3.8) is 0 Å². The van der Waals surface area contributed by atoms with E-state index >= 15 is 0 Å². The number of rotatable bonds is 12. The highest BCUT2D eigenvalue weighted by molar-refractivity contribution is 14.0. The maximum atomic E-state index is 11.8. The van der Waals surface area contributed by atoms with Crippen LogP contribution in [0.3, 0.4) is 0 Å². The van der Waals surface area contributed by atoms with Gasteiger partial charge >= 0.3 is 6.03 Å². The van der Waals surface area contributed by atoms with Crippen molar-refractivity contribution in [1.29, 1.82) is 0 Å². The fourth-order valence-corrected chi connectivity index (χ4v) is 3.08. The number of carbonyl (C=O) groups is 1. The number of hydrogen-bond donors (Lipinski definition) is 4. The van der Waals surface area contributed by atoms with Gasteiger partial charge in [0.1, 0.15) is 0 Å². The quantitative estimate of drug-likeness (QED) is 0.178. The van der Waals surface area contributed by atoms with Crippen LogP contribution in [0.25, 0.3) is 0 Å². The van der Waals surface area contributed by atoms with Crippen molar-refractivity contribution in [3.8, 4) is 0 Å². The van der Waals surface area contributed by atoms with Crippen LogP contribution in [0, 0.1) is 0 Å². The van der Waals surface area contributed by atoms with Crippen molar-refractivity contribution in [2.24, 2.45) is 4.99 Å². The summed E-state index contributed by atoms with van der Waals surface area (Å²) in [6.07, 6.45) is 2.29. The molecule has 0 aliphatic rings. The third kappa shape index (κ3) is 13.5. The lowest BCUT2D eigenvalue weighted by atomic mass is 10.2. The molecule has 178 valence electrons. The topological polar surface area (TPSA) is 80.8 Å². The Kier molecular flexibility index (Phi) is 16.2. The van der Waals surface area contributed by atoms with Crippen LogP contribution in [-0.2, 0) is 6.54 Å². The van der Waals surface area contributed by atoms with Gasteiger partial charge in [-0.05, 0) is 77.9 Å². The normalized spacial score (nSPS) is 12.3. The highest BCUT2D eigenvalue weighted by atomic mass is 127. The molecule has 0 heterocycles. The number of anilines is 1. The summed E-state index contributed by atoms with van der Waals surface area (Å²) in [5.74, 6) is 0.839. The average molecular weight is 547 g/mol. The molecule has 0 aliphatic carbocycles. The molecule has 0 saturated heterocycles. The van der Waals surface area contributed by atoms with Crippen molar-refractivity contribution in [2.45, 2.75) is 73.0 Å². The molecule has 7 nitrogen and oxygen atoms in total. The van der Waals surface area contributed by atoms with Crippen LogP contribution < -0.4 is 21.3 Å². The lowest BCUT2D eigenvalue weighted by molar-refractivity contribution is 0.250. The molecule has 0 fully saturated rings. The number of halogens is 1. The van der Waals surface area contributed by atoms with Crippen molar-refractivity contribution in [2.75, 3.05) is 31.5 Å². The first kappa shape index (κ1) is 29.5. The summed E-state index contributed by atoms with van der Waals surface area (Å²) in [6, 6.07) is 8.07. The van der Waals surface area contributed by atoms with Crippen molar-refractivity contribution in [1.82, 2.24) is 20.9 Å². The standard InChI is InChI=1S/C23H42N6O.HI/c1-7-24-22(27-19(6)11-10-16-29(8-2)9-3)25-17-20-12-14-21(15-13-20)28-23(30)26-18(4)5;/h12-15,18-19H,7-11,16-17H2,1-6H3,(H2,24,25,27)(H2,26,28,30);1H. The number of carbonyl (C=O) groups excluding carboxylic acids is 1. The largest absolute Gasteiger partial charge is 0.357 e. The zero-order valence-corrected chi connectivity index (χ0v) is 22.5. The molecule has 1 atom stereocenters. The van der Waals surface area contributed by atoms with Gasteiger partial charge in [0.25, 0.3) is 0 Å². The smallest absolute Gasteiger partial charge is 0.319 e. The molecule has 8 heteroatoms. The molecule has 2 amide bonds. The van der Waals surface area contributed by atoms with Gasteiger partial charge in [0.2, 0.25) is 0 Å². The number of guanidine groups is 1. The molecule has 0 bridgehead atoms. The zero-order chi connectivity index (χ0) is 22.4. The number of amides is 2. The Morgan fingerprint density at radius 3 is 2.23 bits per heavy atom. The zero-order valence-electron chi connectivity index (χ0n) is 20.1. The summed E-state index contributed by atoms with van der Waals surface area (Å²) >= 11 is 0. The summed E-state index contributed by atoms with van der Waals surface area (Å²) in [5.41, 5.74) is 1.86. The highest BCUT2D eigenvalue weighted by Crippen LogP contribution is 2.10. The van der Waals surface area contributed by atoms with Gasteiger partial charge in [-0.3, -0.25) is 0 Å². The molecule has 0 radical (unpaired) electrons. The minimum atomic E-state index is -0.190. The maximum absolute atomic E-state index is 11.8. The van der Waals surface area contributed by atoms with Crippen LogP contribution in [0.4, 0.5) is 10.5 Å². The van der Waals surface area contributed by atoms with Gasteiger partial charge in [-0.2, -0.15) is 0 Å². The molecule has 0 spiro atoms. The SMILES string of the molecule is CCNC(=NCc1ccc(NC(=O)NC(C)C)cc1)NC(C)CCCN(CC)CC.I. The van der Waals surface area contributed by atoms with E-state index in [1.54, 1.807) is 0 Å². The molecule has 0 saturated carbocycles. The number of nitrogens with one attached hydrogen (secondary N) is 4. The molecule has 31 heavy (non-hydrogen) atoms. The lowest BCUT2D eigenvalue weighted by Gasteiger charge is -2.21. The van der Waals surface area contributed by atoms with E-state index in [4.69, 9.17) is 4.99 Å². The Labute approximate surface area is 206 Å². The summed E-state index contributed by atoms with van der Waals surface area (Å²) in [6.45, 7) is 17.3. The van der Waals surface area contributed by atoms with Crippen LogP contribution in [0.15, 0.2) is 29.3 Å². The molecule has 1 aromatic carbocycles.